The topological polar surface area (TPSA) is 51.4 Å². The molecule has 0 spiro atoms. The molecule has 1 aromatic heterocycles. The number of aromatic nitrogens is 1. The zero-order valence-corrected chi connectivity index (χ0v) is 14.7. The van der Waals surface area contributed by atoms with Crippen LogP contribution in [0.25, 0.3) is 11.3 Å². The number of pyridine rings is 1. The predicted octanol–water partition coefficient (Wildman–Crippen LogP) is 3.54. The molecule has 0 bridgehead atoms. The van der Waals surface area contributed by atoms with Gasteiger partial charge in [0, 0.05) is 12.1 Å². The lowest BCUT2D eigenvalue weighted by Crippen LogP contribution is -2.22. The zero-order valence-electron chi connectivity index (χ0n) is 14.7. The lowest BCUT2D eigenvalue weighted by molar-refractivity contribution is 0.343. The third-order valence-corrected chi connectivity index (χ3v) is 4.85. The average molecular weight is 325 g/mol. The van der Waals surface area contributed by atoms with E-state index in [4.69, 9.17) is 10.5 Å². The fourth-order valence-corrected chi connectivity index (χ4v) is 3.48. The van der Waals surface area contributed by atoms with Gasteiger partial charge in [0.05, 0.1) is 12.8 Å². The molecule has 0 amide bonds. The van der Waals surface area contributed by atoms with E-state index >= 15 is 0 Å². The molecular weight excluding hydrogens is 298 g/mol. The monoisotopic (exact) mass is 325 g/mol. The summed E-state index contributed by atoms with van der Waals surface area (Å²) in [6.07, 6.45) is 4.76. The van der Waals surface area contributed by atoms with Crippen LogP contribution in [0.3, 0.4) is 0 Å². The Morgan fingerprint density at radius 2 is 1.96 bits per heavy atom. The Bertz CT molecular complexity index is 693. The number of ether oxygens (including phenoxy) is 1. The number of nitrogens with two attached hydrogens (primary N) is 1. The molecule has 1 fully saturated rings. The number of methoxy groups -OCH3 is 1. The Hall–Kier alpha value is -2.07. The highest BCUT2D eigenvalue weighted by Crippen LogP contribution is 2.33. The molecule has 2 heterocycles. The summed E-state index contributed by atoms with van der Waals surface area (Å²) in [6.45, 7) is 5.82. The Balaban J connectivity index is 1.90. The van der Waals surface area contributed by atoms with Gasteiger partial charge in [0.1, 0.15) is 11.6 Å². The number of nitrogens with zero attached hydrogens (tertiary/aromatic N) is 2. The minimum absolute atomic E-state index is 0.533. The maximum absolute atomic E-state index is 5.85. The average Bonchev–Trinajstić information content (AvgIpc) is 3.12. The van der Waals surface area contributed by atoms with Gasteiger partial charge >= 0.3 is 0 Å². The van der Waals surface area contributed by atoms with E-state index in [1.807, 2.05) is 12.1 Å². The Morgan fingerprint density at radius 1 is 1.17 bits per heavy atom. The maximum Gasteiger partial charge on any atom is 0.128 e. The Morgan fingerprint density at radius 3 is 2.62 bits per heavy atom. The van der Waals surface area contributed by atoms with Crippen LogP contribution in [0, 0.1) is 0 Å². The molecule has 2 N–H and O–H groups in total. The first-order chi connectivity index (χ1) is 11.7. The van der Waals surface area contributed by atoms with E-state index in [0.717, 1.165) is 36.4 Å². The predicted molar refractivity (Wildman–Crippen MR) is 99.4 cm³/mol. The fraction of sp³-hybridized carbons (Fsp3) is 0.450. The van der Waals surface area contributed by atoms with Gasteiger partial charge in [-0.15, -0.1) is 0 Å². The van der Waals surface area contributed by atoms with Gasteiger partial charge in [0.2, 0.25) is 0 Å². The summed E-state index contributed by atoms with van der Waals surface area (Å²) in [4.78, 5) is 7.01. The zero-order chi connectivity index (χ0) is 16.9. The first-order valence-corrected chi connectivity index (χ1v) is 8.86. The summed E-state index contributed by atoms with van der Waals surface area (Å²) in [5.74, 6) is 1.41. The molecule has 2 aromatic rings. The SMILES string of the molecule is CCc1cc(-c2cccc(N)n2)c(OC)cc1CCN1CCCC1. The van der Waals surface area contributed by atoms with E-state index in [2.05, 4.69) is 28.9 Å². The van der Waals surface area contributed by atoms with Crippen molar-refractivity contribution in [3.05, 3.63) is 41.5 Å². The lowest BCUT2D eigenvalue weighted by atomic mass is 9.96. The first kappa shape index (κ1) is 16.8. The molecule has 4 heteroatoms. The van der Waals surface area contributed by atoms with Crippen molar-refractivity contribution in [2.45, 2.75) is 32.6 Å². The molecule has 1 aliphatic rings. The number of hydrogen-bond acceptors (Lipinski definition) is 4. The van der Waals surface area contributed by atoms with E-state index < -0.39 is 0 Å². The van der Waals surface area contributed by atoms with Gasteiger partial charge in [-0.3, -0.25) is 0 Å². The molecule has 128 valence electrons. The van der Waals surface area contributed by atoms with Crippen LogP contribution in [0.15, 0.2) is 30.3 Å². The highest BCUT2D eigenvalue weighted by atomic mass is 16.5. The summed E-state index contributed by atoms with van der Waals surface area (Å²) >= 11 is 0. The standard InChI is InChI=1S/C20H27N3O/c1-3-15-13-17(18-7-6-8-20(21)22-18)19(24-2)14-16(15)9-12-23-10-4-5-11-23/h6-8,13-14H,3-5,9-12H2,1-2H3,(H2,21,22). The highest BCUT2D eigenvalue weighted by molar-refractivity contribution is 5.70. The molecule has 0 unspecified atom stereocenters. The Kier molecular flexibility index (Phi) is 5.36. The van der Waals surface area contributed by atoms with Crippen molar-refractivity contribution in [2.75, 3.05) is 32.5 Å². The van der Waals surface area contributed by atoms with Crippen molar-refractivity contribution >= 4 is 5.82 Å². The highest BCUT2D eigenvalue weighted by Gasteiger charge is 2.15. The van der Waals surface area contributed by atoms with Crippen LogP contribution in [0.5, 0.6) is 5.75 Å². The van der Waals surface area contributed by atoms with Gasteiger partial charge in [0.25, 0.3) is 0 Å². The summed E-state index contributed by atoms with van der Waals surface area (Å²) in [5, 5.41) is 0. The Labute approximate surface area is 144 Å². The van der Waals surface area contributed by atoms with E-state index in [1.54, 1.807) is 13.2 Å². The quantitative estimate of drug-likeness (QED) is 0.882. The van der Waals surface area contributed by atoms with Gasteiger partial charge in [-0.25, -0.2) is 4.98 Å². The van der Waals surface area contributed by atoms with Crippen molar-refractivity contribution < 1.29 is 4.74 Å². The van der Waals surface area contributed by atoms with Crippen LogP contribution >= 0.6 is 0 Å². The maximum atomic E-state index is 5.85. The number of hydrogen-bond donors (Lipinski definition) is 1. The van der Waals surface area contributed by atoms with Crippen LogP contribution in [-0.2, 0) is 12.8 Å². The van der Waals surface area contributed by atoms with Crippen LogP contribution in [0.2, 0.25) is 0 Å². The molecule has 0 atom stereocenters. The number of anilines is 1. The van der Waals surface area contributed by atoms with Gasteiger partial charge in [0.15, 0.2) is 0 Å². The molecule has 4 nitrogen and oxygen atoms in total. The fourth-order valence-electron chi connectivity index (χ4n) is 3.48. The summed E-state index contributed by atoms with van der Waals surface area (Å²) in [5.41, 5.74) is 10.5. The van der Waals surface area contributed by atoms with Gasteiger partial charge < -0.3 is 15.4 Å². The third-order valence-electron chi connectivity index (χ3n) is 4.85. The van der Waals surface area contributed by atoms with E-state index in [1.165, 1.54) is 37.1 Å². The second-order valence-corrected chi connectivity index (χ2v) is 6.42. The van der Waals surface area contributed by atoms with E-state index in [-0.39, 0.29) is 0 Å². The van der Waals surface area contributed by atoms with Crippen LogP contribution < -0.4 is 10.5 Å². The van der Waals surface area contributed by atoms with Crippen molar-refractivity contribution in [1.82, 2.24) is 9.88 Å². The summed E-state index contributed by atoms with van der Waals surface area (Å²) in [7, 11) is 1.72. The molecule has 0 saturated carbocycles. The van der Waals surface area contributed by atoms with Crippen molar-refractivity contribution in [3.63, 3.8) is 0 Å². The summed E-state index contributed by atoms with van der Waals surface area (Å²) < 4.78 is 5.66. The third kappa shape index (κ3) is 3.70. The molecule has 1 aromatic carbocycles. The van der Waals surface area contributed by atoms with Gasteiger partial charge in [-0.2, -0.15) is 0 Å². The second-order valence-electron chi connectivity index (χ2n) is 6.42. The van der Waals surface area contributed by atoms with E-state index in [9.17, 15) is 0 Å². The number of aryl methyl sites for hydroxylation is 1. The molecular formula is C20H27N3O. The number of benzene rings is 1. The number of likely N-dealkylation sites (tertiary alicyclic amines) is 1. The first-order valence-electron chi connectivity index (χ1n) is 8.86. The normalized spacial score (nSPS) is 14.9. The molecule has 1 saturated heterocycles. The molecule has 1 aliphatic heterocycles. The van der Waals surface area contributed by atoms with Crippen LogP contribution in [0.1, 0.15) is 30.9 Å². The lowest BCUT2D eigenvalue weighted by Gasteiger charge is -2.18. The van der Waals surface area contributed by atoms with E-state index in [0.29, 0.717) is 5.82 Å². The molecule has 24 heavy (non-hydrogen) atoms. The number of nitrogen functional groups attached to an aromatic ring is 1. The number of rotatable bonds is 6. The van der Waals surface area contributed by atoms with Gasteiger partial charge in [-0.05, 0) is 74.2 Å². The summed E-state index contributed by atoms with van der Waals surface area (Å²) in [6, 6.07) is 10.1. The van der Waals surface area contributed by atoms with Gasteiger partial charge in [-0.1, -0.05) is 13.0 Å². The molecule has 0 radical (unpaired) electrons. The van der Waals surface area contributed by atoms with Crippen molar-refractivity contribution in [1.29, 1.82) is 0 Å². The van der Waals surface area contributed by atoms with Crippen LogP contribution in [-0.4, -0.2) is 36.6 Å². The minimum Gasteiger partial charge on any atom is -0.496 e. The van der Waals surface area contributed by atoms with Crippen LogP contribution in [0.4, 0.5) is 5.82 Å². The molecule has 3 rings (SSSR count). The smallest absolute Gasteiger partial charge is 0.128 e. The van der Waals surface area contributed by atoms with Crippen molar-refractivity contribution in [2.24, 2.45) is 0 Å². The molecule has 0 aliphatic carbocycles. The minimum atomic E-state index is 0.533. The van der Waals surface area contributed by atoms with Crippen molar-refractivity contribution in [3.8, 4) is 17.0 Å². The second kappa shape index (κ2) is 7.67. The largest absolute Gasteiger partial charge is 0.496 e.